The Morgan fingerprint density at radius 2 is 1.40 bits per heavy atom. The largest absolute Gasteiger partial charge is 0.393 e. The Morgan fingerprint density at radius 3 is 1.96 bits per heavy atom. The highest BCUT2D eigenvalue weighted by Crippen LogP contribution is 2.38. The lowest BCUT2D eigenvalue weighted by Crippen LogP contribution is -2.52. The third kappa shape index (κ3) is 11.0. The number of carbonyl (C=O) groups is 4. The van der Waals surface area contributed by atoms with Crippen LogP contribution in [0.4, 0.5) is 0 Å². The second kappa shape index (κ2) is 18.2. The van der Waals surface area contributed by atoms with E-state index < -0.39 is 30.0 Å². The van der Waals surface area contributed by atoms with Crippen LogP contribution in [0, 0.1) is 23.7 Å². The van der Waals surface area contributed by atoms with Gasteiger partial charge in [-0.05, 0) is 86.8 Å². The van der Waals surface area contributed by atoms with Crippen molar-refractivity contribution >= 4 is 23.5 Å². The number of aliphatic hydroxyl groups is 1. The summed E-state index contributed by atoms with van der Waals surface area (Å²) in [5, 5.41) is 16.0. The molecule has 3 amide bonds. The average Bonchev–Trinajstić information content (AvgIpc) is 3.61. The van der Waals surface area contributed by atoms with Gasteiger partial charge in [-0.1, -0.05) is 74.5 Å². The van der Waals surface area contributed by atoms with Gasteiger partial charge in [-0.15, -0.1) is 0 Å². The Kier molecular flexibility index (Phi) is 14.1. The Hall–Kier alpha value is -3.60. The van der Waals surface area contributed by atoms with E-state index in [0.717, 1.165) is 17.5 Å². The van der Waals surface area contributed by atoms with Crippen LogP contribution in [0.1, 0.15) is 69.9 Å². The van der Waals surface area contributed by atoms with Crippen LogP contribution in [-0.4, -0.2) is 77.4 Å². The molecule has 7 N–H and O–H groups in total. The third-order valence-electron chi connectivity index (χ3n) is 9.80. The minimum atomic E-state index is -0.870. The van der Waals surface area contributed by atoms with Crippen LogP contribution in [0.3, 0.4) is 0 Å². The zero-order valence-corrected chi connectivity index (χ0v) is 28.6. The lowest BCUT2D eigenvalue weighted by atomic mass is 9.88. The van der Waals surface area contributed by atoms with Crippen molar-refractivity contribution in [2.24, 2.45) is 35.1 Å². The van der Waals surface area contributed by atoms with Crippen LogP contribution in [0.15, 0.2) is 60.7 Å². The molecule has 2 aromatic rings. The number of benzene rings is 2. The number of ketones is 1. The van der Waals surface area contributed by atoms with Crippen molar-refractivity contribution in [3.05, 3.63) is 71.8 Å². The highest BCUT2D eigenvalue weighted by molar-refractivity contribution is 5.95. The van der Waals surface area contributed by atoms with Crippen molar-refractivity contribution in [1.29, 1.82) is 0 Å². The first-order valence-corrected chi connectivity index (χ1v) is 17.7. The minimum absolute atomic E-state index is 0.0782. The maximum absolute atomic E-state index is 14.0. The molecule has 0 spiro atoms. The first-order valence-electron chi connectivity index (χ1n) is 17.7. The van der Waals surface area contributed by atoms with Gasteiger partial charge in [-0.25, -0.2) is 0 Å². The van der Waals surface area contributed by atoms with Gasteiger partial charge in [0.15, 0.2) is 5.78 Å². The number of nitrogens with zero attached hydrogens (tertiary/aromatic N) is 1. The van der Waals surface area contributed by atoms with Crippen LogP contribution >= 0.6 is 0 Å². The zero-order valence-electron chi connectivity index (χ0n) is 28.6. The molecule has 10 nitrogen and oxygen atoms in total. The molecule has 0 bridgehead atoms. The van der Waals surface area contributed by atoms with Gasteiger partial charge >= 0.3 is 0 Å². The predicted molar refractivity (Wildman–Crippen MR) is 186 cm³/mol. The summed E-state index contributed by atoms with van der Waals surface area (Å²) in [6.45, 7) is 5.67. The lowest BCUT2D eigenvalue weighted by Gasteiger charge is -2.28. The van der Waals surface area contributed by atoms with Gasteiger partial charge in [0.25, 0.3) is 0 Å². The molecule has 1 heterocycles. The summed E-state index contributed by atoms with van der Waals surface area (Å²) >= 11 is 0. The fraction of sp³-hybridized carbons (Fsp3) is 0.579. The first-order chi connectivity index (χ1) is 23.0. The molecule has 2 aliphatic rings. The summed E-state index contributed by atoms with van der Waals surface area (Å²) in [6.07, 6.45) is 3.96. The standard InChI is InChI=1S/C38H55N5O5/c1-25(2)17-28(36(46)41-33(15-9-10-16-39)38(48)43-23-29-20-31(44)21-30(29)24-43)22-35(45)34(19-27-13-7-4-8-14-27)42-37(47)32(40)18-26-11-5-3-6-12-26/h3-8,11-14,25,28-34,44H,9-10,15-24,39-40H2,1-2H3,(H,41,46)(H,42,47). The molecule has 262 valence electrons. The molecule has 1 aliphatic carbocycles. The van der Waals surface area contributed by atoms with Gasteiger partial charge in [0, 0.05) is 25.4 Å². The van der Waals surface area contributed by atoms with Crippen LogP contribution in [-0.2, 0) is 32.0 Å². The number of unbranched alkanes of at least 4 members (excludes halogenated alkanes) is 1. The summed E-state index contributed by atoms with van der Waals surface area (Å²) in [7, 11) is 0. The second-order valence-corrected chi connectivity index (χ2v) is 14.3. The molecule has 6 atom stereocenters. The number of fused-ring (bicyclic) bond motifs is 1. The van der Waals surface area contributed by atoms with Crippen LogP contribution in [0.25, 0.3) is 0 Å². The number of nitrogens with two attached hydrogens (primary N) is 2. The van der Waals surface area contributed by atoms with Crippen molar-refractivity contribution in [2.45, 2.75) is 95.9 Å². The Labute approximate surface area is 285 Å². The van der Waals surface area contributed by atoms with E-state index in [1.165, 1.54) is 0 Å². The number of likely N-dealkylation sites (tertiary alicyclic amines) is 1. The molecule has 4 rings (SSSR count). The maximum atomic E-state index is 14.0. The number of aliphatic hydroxyl groups excluding tert-OH is 1. The second-order valence-electron chi connectivity index (χ2n) is 14.3. The summed E-state index contributed by atoms with van der Waals surface area (Å²) in [6, 6.07) is 16.5. The molecule has 0 radical (unpaired) electrons. The van der Waals surface area contributed by atoms with E-state index in [0.29, 0.717) is 58.2 Å². The number of Topliss-reactive ketones (excluding diaryl/α,β-unsaturated/α-hetero) is 1. The number of hydrogen-bond acceptors (Lipinski definition) is 7. The van der Waals surface area contributed by atoms with Gasteiger partial charge in [-0.2, -0.15) is 0 Å². The topological polar surface area (TPSA) is 168 Å². The summed E-state index contributed by atoms with van der Waals surface area (Å²) < 4.78 is 0. The van der Waals surface area contributed by atoms with Gasteiger partial charge in [0.2, 0.25) is 17.7 Å². The molecule has 10 heteroatoms. The van der Waals surface area contributed by atoms with Gasteiger partial charge < -0.3 is 32.1 Å². The quantitative estimate of drug-likeness (QED) is 0.153. The molecule has 6 unspecified atom stereocenters. The smallest absolute Gasteiger partial charge is 0.245 e. The summed E-state index contributed by atoms with van der Waals surface area (Å²) in [5.41, 5.74) is 13.8. The fourth-order valence-electron chi connectivity index (χ4n) is 7.28. The Balaban J connectivity index is 1.46. The van der Waals surface area contributed by atoms with Gasteiger partial charge in [0.1, 0.15) is 6.04 Å². The Bertz CT molecular complexity index is 1330. The molecular weight excluding hydrogens is 606 g/mol. The first kappa shape index (κ1) is 37.2. The molecule has 2 fully saturated rings. The maximum Gasteiger partial charge on any atom is 0.245 e. The normalized spacial score (nSPS) is 21.3. The predicted octanol–water partition coefficient (Wildman–Crippen LogP) is 2.75. The summed E-state index contributed by atoms with van der Waals surface area (Å²) in [4.78, 5) is 56.8. The molecular formula is C38H55N5O5. The molecule has 1 aliphatic heterocycles. The number of amides is 3. The van der Waals surface area contributed by atoms with Crippen molar-refractivity contribution in [3.63, 3.8) is 0 Å². The summed E-state index contributed by atoms with van der Waals surface area (Å²) in [5.74, 6) is -1.11. The highest BCUT2D eigenvalue weighted by atomic mass is 16.3. The van der Waals surface area contributed by atoms with Crippen LogP contribution in [0.5, 0.6) is 0 Å². The molecule has 2 aromatic carbocycles. The average molecular weight is 662 g/mol. The monoisotopic (exact) mass is 661 g/mol. The van der Waals surface area contributed by atoms with Crippen LogP contribution < -0.4 is 22.1 Å². The van der Waals surface area contributed by atoms with E-state index >= 15 is 0 Å². The number of carbonyl (C=O) groups excluding carboxylic acids is 4. The molecule has 1 saturated heterocycles. The zero-order chi connectivity index (χ0) is 34.6. The van der Waals surface area contributed by atoms with E-state index in [9.17, 15) is 24.3 Å². The molecule has 0 aromatic heterocycles. The van der Waals surface area contributed by atoms with E-state index in [1.807, 2.05) is 79.4 Å². The van der Waals surface area contributed by atoms with Crippen LogP contribution in [0.2, 0.25) is 0 Å². The third-order valence-corrected chi connectivity index (χ3v) is 9.80. The highest BCUT2D eigenvalue weighted by Gasteiger charge is 2.43. The number of rotatable bonds is 18. The lowest BCUT2D eigenvalue weighted by molar-refractivity contribution is -0.138. The van der Waals surface area contributed by atoms with E-state index in [1.54, 1.807) is 0 Å². The van der Waals surface area contributed by atoms with E-state index in [-0.39, 0.29) is 54.3 Å². The van der Waals surface area contributed by atoms with E-state index in [4.69, 9.17) is 11.5 Å². The van der Waals surface area contributed by atoms with Crippen molar-refractivity contribution in [3.8, 4) is 0 Å². The van der Waals surface area contributed by atoms with Crippen molar-refractivity contribution < 1.29 is 24.3 Å². The van der Waals surface area contributed by atoms with Crippen molar-refractivity contribution in [1.82, 2.24) is 15.5 Å². The number of nitrogens with one attached hydrogen (secondary N) is 2. The Morgan fingerprint density at radius 1 is 0.833 bits per heavy atom. The van der Waals surface area contributed by atoms with Crippen molar-refractivity contribution in [2.75, 3.05) is 19.6 Å². The number of hydrogen-bond donors (Lipinski definition) is 5. The van der Waals surface area contributed by atoms with E-state index in [2.05, 4.69) is 10.6 Å². The van der Waals surface area contributed by atoms with Gasteiger partial charge in [-0.3, -0.25) is 19.2 Å². The molecule has 1 saturated carbocycles. The van der Waals surface area contributed by atoms with Gasteiger partial charge in [0.05, 0.1) is 18.2 Å². The SMILES string of the molecule is CC(C)CC(CC(=O)C(Cc1ccccc1)NC(=O)C(N)Cc1ccccc1)C(=O)NC(CCCCN)C(=O)N1CC2CC(O)CC2C1. The minimum Gasteiger partial charge on any atom is -0.393 e. The fourth-order valence-corrected chi connectivity index (χ4v) is 7.28. The molecule has 48 heavy (non-hydrogen) atoms.